The van der Waals surface area contributed by atoms with Gasteiger partial charge in [0, 0.05) is 0 Å². The lowest BCUT2D eigenvalue weighted by molar-refractivity contribution is 0.00578. The molecule has 1 saturated heterocycles. The molecule has 0 radical (unpaired) electrons. The summed E-state index contributed by atoms with van der Waals surface area (Å²) >= 11 is 0. The Morgan fingerprint density at radius 1 is 1.23 bits per heavy atom. The number of rotatable bonds is 5. The highest BCUT2D eigenvalue weighted by atomic mass is 16.7. The fourth-order valence-electron chi connectivity index (χ4n) is 2.17. The van der Waals surface area contributed by atoms with Crippen LogP contribution in [0.2, 0.25) is 0 Å². The summed E-state index contributed by atoms with van der Waals surface area (Å²) in [6.07, 6.45) is 0.805. The molecular weight excluding hydrogens is 283 g/mol. The van der Waals surface area contributed by atoms with Crippen LogP contribution >= 0.6 is 0 Å². The highest BCUT2D eigenvalue weighted by Crippen LogP contribution is 2.36. The third-order valence-corrected chi connectivity index (χ3v) is 4.22. The number of hydrogen-bond acceptors (Lipinski definition) is 4. The lowest BCUT2D eigenvalue weighted by Gasteiger charge is -2.32. The Hall–Kier alpha value is -1.53. The fourth-order valence-corrected chi connectivity index (χ4v) is 2.17. The molecule has 0 aromatic heterocycles. The number of hydrogen-bond donors (Lipinski definition) is 1. The molecule has 1 aromatic carbocycles. The monoisotopic (exact) mass is 306 g/mol. The van der Waals surface area contributed by atoms with Gasteiger partial charge in [-0.05, 0) is 51.7 Å². The fraction of sp³-hybridized carbons (Fsp3) is 0.562. The summed E-state index contributed by atoms with van der Waals surface area (Å²) in [5.74, 6) is -0.659. The van der Waals surface area contributed by atoms with Gasteiger partial charge in [-0.2, -0.15) is 0 Å². The van der Waals surface area contributed by atoms with Crippen LogP contribution in [0.25, 0.3) is 0 Å². The largest absolute Gasteiger partial charge is 0.494 e. The molecule has 1 aliphatic rings. The first-order chi connectivity index (χ1) is 10.2. The van der Waals surface area contributed by atoms with E-state index in [0.717, 1.165) is 11.9 Å². The van der Waals surface area contributed by atoms with Crippen molar-refractivity contribution in [3.8, 4) is 5.75 Å². The van der Waals surface area contributed by atoms with Gasteiger partial charge < -0.3 is 19.2 Å². The molecule has 0 aliphatic carbocycles. The average Bonchev–Trinajstić information content (AvgIpc) is 2.64. The Labute approximate surface area is 131 Å². The molecule has 1 heterocycles. The summed E-state index contributed by atoms with van der Waals surface area (Å²) < 4.78 is 17.5. The first-order valence-electron chi connectivity index (χ1n) is 7.53. The zero-order valence-electron chi connectivity index (χ0n) is 13.8. The van der Waals surface area contributed by atoms with Crippen LogP contribution in [0.4, 0.5) is 0 Å². The molecule has 0 unspecified atom stereocenters. The van der Waals surface area contributed by atoms with Gasteiger partial charge in [-0.25, -0.2) is 4.79 Å². The molecule has 0 atom stereocenters. The second-order valence-electron chi connectivity index (χ2n) is 6.50. The van der Waals surface area contributed by atoms with Crippen LogP contribution in [-0.2, 0) is 9.31 Å². The minimum absolute atomic E-state index is 0.147. The Bertz CT molecular complexity index is 552. The lowest BCUT2D eigenvalue weighted by Crippen LogP contribution is -2.41. The Kier molecular flexibility index (Phi) is 4.54. The standard InChI is InChI=1S/C16H23BO5/c1-6-9-20-13-10-11(7-8-12(13)14(18)19)17-21-15(2,3)16(4,5)22-17/h7-8,10H,6,9H2,1-5H3,(H,18,19). The molecule has 0 bridgehead atoms. The maximum atomic E-state index is 11.3. The van der Waals surface area contributed by atoms with Crippen LogP contribution in [-0.4, -0.2) is 36.0 Å². The van der Waals surface area contributed by atoms with Gasteiger partial charge in [-0.1, -0.05) is 13.0 Å². The molecule has 6 heteroatoms. The molecule has 1 N–H and O–H groups in total. The summed E-state index contributed by atoms with van der Waals surface area (Å²) in [6, 6.07) is 4.94. The molecule has 1 aliphatic heterocycles. The molecule has 0 spiro atoms. The molecule has 120 valence electrons. The van der Waals surface area contributed by atoms with Gasteiger partial charge >= 0.3 is 13.1 Å². The smallest absolute Gasteiger partial charge is 0.493 e. The Morgan fingerprint density at radius 3 is 2.32 bits per heavy atom. The molecule has 2 rings (SSSR count). The molecular formula is C16H23BO5. The van der Waals surface area contributed by atoms with Crippen LogP contribution < -0.4 is 10.2 Å². The van der Waals surface area contributed by atoms with E-state index in [0.29, 0.717) is 12.4 Å². The van der Waals surface area contributed by atoms with E-state index in [-0.39, 0.29) is 5.56 Å². The minimum Gasteiger partial charge on any atom is -0.493 e. The predicted octanol–water partition coefficient (Wildman–Crippen LogP) is 2.47. The SMILES string of the molecule is CCCOc1cc(B2OC(C)(C)C(C)(C)O2)ccc1C(=O)O. The summed E-state index contributed by atoms with van der Waals surface area (Å²) in [5.41, 5.74) is 0.0321. The predicted molar refractivity (Wildman–Crippen MR) is 84.9 cm³/mol. The van der Waals surface area contributed by atoms with E-state index in [1.165, 1.54) is 6.07 Å². The highest BCUT2D eigenvalue weighted by Gasteiger charge is 2.51. The van der Waals surface area contributed by atoms with Crippen molar-refractivity contribution >= 4 is 18.6 Å². The zero-order valence-corrected chi connectivity index (χ0v) is 13.8. The van der Waals surface area contributed by atoms with Crippen LogP contribution in [0.15, 0.2) is 18.2 Å². The third-order valence-electron chi connectivity index (χ3n) is 4.22. The van der Waals surface area contributed by atoms with E-state index in [2.05, 4.69) is 0 Å². The van der Waals surface area contributed by atoms with Gasteiger partial charge in [0.2, 0.25) is 0 Å². The summed E-state index contributed by atoms with van der Waals surface area (Å²) in [7, 11) is -0.531. The van der Waals surface area contributed by atoms with E-state index < -0.39 is 24.3 Å². The van der Waals surface area contributed by atoms with Crippen LogP contribution in [0.3, 0.4) is 0 Å². The van der Waals surface area contributed by atoms with E-state index in [4.69, 9.17) is 14.0 Å². The third kappa shape index (κ3) is 3.13. The molecule has 5 nitrogen and oxygen atoms in total. The van der Waals surface area contributed by atoms with E-state index in [1.807, 2.05) is 34.6 Å². The number of aromatic carboxylic acids is 1. The highest BCUT2D eigenvalue weighted by molar-refractivity contribution is 6.62. The Balaban J connectivity index is 2.31. The van der Waals surface area contributed by atoms with Gasteiger partial charge in [-0.3, -0.25) is 0 Å². The minimum atomic E-state index is -1.01. The summed E-state index contributed by atoms with van der Waals surface area (Å²) in [4.78, 5) is 11.3. The Morgan fingerprint density at radius 2 is 1.82 bits per heavy atom. The van der Waals surface area contributed by atoms with E-state index in [9.17, 15) is 9.90 Å². The van der Waals surface area contributed by atoms with Crippen molar-refractivity contribution in [1.82, 2.24) is 0 Å². The molecule has 22 heavy (non-hydrogen) atoms. The molecule has 1 aromatic rings. The second-order valence-corrected chi connectivity index (χ2v) is 6.50. The maximum absolute atomic E-state index is 11.3. The van der Waals surface area contributed by atoms with Crippen molar-refractivity contribution < 1.29 is 23.9 Å². The van der Waals surface area contributed by atoms with Gasteiger partial charge in [0.05, 0.1) is 17.8 Å². The van der Waals surface area contributed by atoms with Gasteiger partial charge in [-0.15, -0.1) is 0 Å². The number of carboxylic acids is 1. The first-order valence-corrected chi connectivity index (χ1v) is 7.53. The van der Waals surface area contributed by atoms with Crippen molar-refractivity contribution in [3.05, 3.63) is 23.8 Å². The number of benzene rings is 1. The van der Waals surface area contributed by atoms with Gasteiger partial charge in [0.1, 0.15) is 11.3 Å². The normalized spacial score (nSPS) is 19.2. The van der Waals surface area contributed by atoms with Gasteiger partial charge in [0.25, 0.3) is 0 Å². The van der Waals surface area contributed by atoms with E-state index >= 15 is 0 Å². The summed E-state index contributed by atoms with van der Waals surface area (Å²) in [6.45, 7) is 10.4. The average molecular weight is 306 g/mol. The maximum Gasteiger partial charge on any atom is 0.494 e. The van der Waals surface area contributed by atoms with Crippen LogP contribution in [0.1, 0.15) is 51.4 Å². The van der Waals surface area contributed by atoms with Crippen molar-refractivity contribution in [2.24, 2.45) is 0 Å². The second kappa shape index (κ2) is 5.93. The molecule has 0 saturated carbocycles. The van der Waals surface area contributed by atoms with E-state index in [1.54, 1.807) is 12.1 Å². The zero-order chi connectivity index (χ0) is 16.5. The topological polar surface area (TPSA) is 65.0 Å². The molecule has 0 amide bonds. The number of carboxylic acid groups (broad SMARTS) is 1. The van der Waals surface area contributed by atoms with Crippen LogP contribution in [0.5, 0.6) is 5.75 Å². The van der Waals surface area contributed by atoms with Crippen molar-refractivity contribution in [2.75, 3.05) is 6.61 Å². The number of carbonyl (C=O) groups is 1. The first kappa shape index (κ1) is 16.8. The van der Waals surface area contributed by atoms with Crippen molar-refractivity contribution in [2.45, 2.75) is 52.2 Å². The molecule has 1 fully saturated rings. The van der Waals surface area contributed by atoms with Crippen molar-refractivity contribution in [1.29, 1.82) is 0 Å². The number of ether oxygens (including phenoxy) is 1. The summed E-state index contributed by atoms with van der Waals surface area (Å²) in [5, 5.41) is 9.24. The van der Waals surface area contributed by atoms with Crippen molar-refractivity contribution in [3.63, 3.8) is 0 Å². The van der Waals surface area contributed by atoms with Gasteiger partial charge in [0.15, 0.2) is 0 Å². The van der Waals surface area contributed by atoms with Crippen LogP contribution in [0, 0.1) is 0 Å². The quantitative estimate of drug-likeness (QED) is 0.847. The lowest BCUT2D eigenvalue weighted by atomic mass is 9.78.